The molecule has 0 aliphatic heterocycles. The number of amides is 1. The van der Waals surface area contributed by atoms with Crippen molar-refractivity contribution in [2.75, 3.05) is 5.75 Å². The minimum Gasteiger partial charge on any atom is -0.349 e. The molecule has 2 aromatic rings. The minimum absolute atomic E-state index is 0.0407. The molecule has 0 spiro atoms. The zero-order valence-electron chi connectivity index (χ0n) is 12.5. The molecule has 1 aromatic carbocycles. The predicted molar refractivity (Wildman–Crippen MR) is 79.7 cm³/mol. The molecule has 2 rings (SSSR count). The number of thioether (sulfide) groups is 1. The molecule has 23 heavy (non-hydrogen) atoms. The number of hydrogen-bond acceptors (Lipinski definition) is 4. The van der Waals surface area contributed by atoms with E-state index >= 15 is 0 Å². The van der Waals surface area contributed by atoms with Gasteiger partial charge in [-0.3, -0.25) is 4.79 Å². The number of benzene rings is 1. The molecule has 0 saturated heterocycles. The van der Waals surface area contributed by atoms with Crippen molar-refractivity contribution in [2.45, 2.75) is 24.3 Å². The SMILES string of the molecule is C[C@H](NC(=O)CSc1nnc(C(F)(F)F)n1C)c1ccccc1. The van der Waals surface area contributed by atoms with E-state index in [1.165, 1.54) is 7.05 Å². The normalized spacial score (nSPS) is 12.9. The van der Waals surface area contributed by atoms with Gasteiger partial charge in [0.15, 0.2) is 5.16 Å². The van der Waals surface area contributed by atoms with Gasteiger partial charge in [-0.2, -0.15) is 13.2 Å². The molecule has 1 heterocycles. The van der Waals surface area contributed by atoms with Crippen molar-refractivity contribution in [1.82, 2.24) is 20.1 Å². The number of alkyl halides is 3. The third-order valence-corrected chi connectivity index (χ3v) is 4.12. The topological polar surface area (TPSA) is 59.8 Å². The lowest BCUT2D eigenvalue weighted by Gasteiger charge is -2.14. The Bertz CT molecular complexity index is 672. The molecule has 0 unspecified atom stereocenters. The van der Waals surface area contributed by atoms with E-state index in [-0.39, 0.29) is 22.9 Å². The fourth-order valence-corrected chi connectivity index (χ4v) is 2.65. The van der Waals surface area contributed by atoms with E-state index in [0.29, 0.717) is 0 Å². The first-order chi connectivity index (χ1) is 10.8. The van der Waals surface area contributed by atoms with Crippen LogP contribution in [0.25, 0.3) is 0 Å². The van der Waals surface area contributed by atoms with Gasteiger partial charge in [-0.25, -0.2) is 0 Å². The van der Waals surface area contributed by atoms with E-state index in [4.69, 9.17) is 0 Å². The predicted octanol–water partition coefficient (Wildman–Crippen LogP) is 2.80. The molecular weight excluding hydrogens is 329 g/mol. The summed E-state index contributed by atoms with van der Waals surface area (Å²) < 4.78 is 38.7. The lowest BCUT2D eigenvalue weighted by atomic mass is 10.1. The average Bonchev–Trinajstić information content (AvgIpc) is 2.87. The molecule has 9 heteroatoms. The number of aromatic nitrogens is 3. The Morgan fingerprint density at radius 3 is 2.52 bits per heavy atom. The van der Waals surface area contributed by atoms with Crippen LogP contribution in [0.2, 0.25) is 0 Å². The first kappa shape index (κ1) is 17.3. The lowest BCUT2D eigenvalue weighted by Crippen LogP contribution is -2.28. The number of nitrogens with one attached hydrogen (secondary N) is 1. The zero-order valence-corrected chi connectivity index (χ0v) is 13.3. The Morgan fingerprint density at radius 2 is 1.96 bits per heavy atom. The summed E-state index contributed by atoms with van der Waals surface area (Å²) in [5.41, 5.74) is 0.948. The van der Waals surface area contributed by atoms with Gasteiger partial charge in [0.05, 0.1) is 11.8 Å². The molecule has 0 bridgehead atoms. The van der Waals surface area contributed by atoms with Crippen LogP contribution in [-0.4, -0.2) is 26.4 Å². The molecule has 0 saturated carbocycles. The van der Waals surface area contributed by atoms with Gasteiger partial charge in [0.1, 0.15) is 0 Å². The highest BCUT2D eigenvalue weighted by atomic mass is 32.2. The third kappa shape index (κ3) is 4.47. The molecule has 0 aliphatic carbocycles. The average molecular weight is 344 g/mol. The van der Waals surface area contributed by atoms with Crippen LogP contribution in [0.3, 0.4) is 0 Å². The Morgan fingerprint density at radius 1 is 1.30 bits per heavy atom. The highest BCUT2D eigenvalue weighted by Gasteiger charge is 2.37. The van der Waals surface area contributed by atoms with E-state index in [1.807, 2.05) is 37.3 Å². The van der Waals surface area contributed by atoms with E-state index < -0.39 is 12.0 Å². The summed E-state index contributed by atoms with van der Waals surface area (Å²) in [4.78, 5) is 11.9. The van der Waals surface area contributed by atoms with Crippen molar-refractivity contribution in [3.05, 3.63) is 41.7 Å². The van der Waals surface area contributed by atoms with E-state index in [0.717, 1.165) is 21.9 Å². The molecule has 1 N–H and O–H groups in total. The van der Waals surface area contributed by atoms with Gasteiger partial charge in [-0.15, -0.1) is 10.2 Å². The van der Waals surface area contributed by atoms with Crippen molar-refractivity contribution < 1.29 is 18.0 Å². The smallest absolute Gasteiger partial charge is 0.349 e. The maximum absolute atomic E-state index is 12.6. The van der Waals surface area contributed by atoms with E-state index in [9.17, 15) is 18.0 Å². The van der Waals surface area contributed by atoms with E-state index in [2.05, 4.69) is 15.5 Å². The highest BCUT2D eigenvalue weighted by molar-refractivity contribution is 7.99. The largest absolute Gasteiger partial charge is 0.451 e. The van der Waals surface area contributed by atoms with Crippen LogP contribution in [0.15, 0.2) is 35.5 Å². The van der Waals surface area contributed by atoms with Gasteiger partial charge in [0.25, 0.3) is 0 Å². The molecule has 0 fully saturated rings. The molecule has 1 aromatic heterocycles. The summed E-state index contributed by atoms with van der Waals surface area (Å²) >= 11 is 0.907. The monoisotopic (exact) mass is 344 g/mol. The summed E-state index contributed by atoms with van der Waals surface area (Å²) in [5.74, 6) is -1.41. The first-order valence-electron chi connectivity index (χ1n) is 6.72. The number of rotatable bonds is 5. The highest BCUT2D eigenvalue weighted by Crippen LogP contribution is 2.29. The second-order valence-electron chi connectivity index (χ2n) is 4.85. The maximum Gasteiger partial charge on any atom is 0.451 e. The van der Waals surface area contributed by atoms with E-state index in [1.54, 1.807) is 0 Å². The van der Waals surface area contributed by atoms with Crippen LogP contribution in [0.5, 0.6) is 0 Å². The molecule has 0 radical (unpaired) electrons. The second kappa shape index (κ2) is 7.03. The van der Waals surface area contributed by atoms with Crippen LogP contribution in [-0.2, 0) is 18.0 Å². The van der Waals surface area contributed by atoms with Crippen LogP contribution < -0.4 is 5.32 Å². The zero-order chi connectivity index (χ0) is 17.0. The molecule has 0 aliphatic rings. The fourth-order valence-electron chi connectivity index (χ4n) is 1.93. The minimum atomic E-state index is -4.56. The van der Waals surface area contributed by atoms with Gasteiger partial charge in [0, 0.05) is 7.05 Å². The Balaban J connectivity index is 1.91. The maximum atomic E-state index is 12.6. The number of halogens is 3. The van der Waals surface area contributed by atoms with Gasteiger partial charge >= 0.3 is 6.18 Å². The summed E-state index contributed by atoms with van der Waals surface area (Å²) in [7, 11) is 1.22. The van der Waals surface area contributed by atoms with Crippen molar-refractivity contribution in [2.24, 2.45) is 7.05 Å². The summed E-state index contributed by atoms with van der Waals surface area (Å²) in [6.07, 6.45) is -4.56. The Hall–Kier alpha value is -2.03. The second-order valence-corrected chi connectivity index (χ2v) is 5.79. The van der Waals surface area contributed by atoms with Crippen LogP contribution in [0, 0.1) is 0 Å². The number of carbonyl (C=O) groups excluding carboxylic acids is 1. The van der Waals surface area contributed by atoms with Gasteiger partial charge < -0.3 is 9.88 Å². The standard InChI is InChI=1S/C14H15F3N4OS/c1-9(10-6-4-3-5-7-10)18-11(22)8-23-13-20-19-12(21(13)2)14(15,16)17/h3-7,9H,8H2,1-2H3,(H,18,22)/t9-/m0/s1. The summed E-state index contributed by atoms with van der Waals surface area (Å²) in [6, 6.07) is 9.19. The van der Waals surface area contributed by atoms with Crippen molar-refractivity contribution in [1.29, 1.82) is 0 Å². The van der Waals surface area contributed by atoms with Gasteiger partial charge in [-0.05, 0) is 12.5 Å². The van der Waals surface area contributed by atoms with Crippen molar-refractivity contribution in [3.8, 4) is 0 Å². The first-order valence-corrected chi connectivity index (χ1v) is 7.71. The molecule has 1 amide bonds. The molecule has 1 atom stereocenters. The quantitative estimate of drug-likeness (QED) is 0.848. The summed E-state index contributed by atoms with van der Waals surface area (Å²) in [6.45, 7) is 1.84. The van der Waals surface area contributed by atoms with Crippen LogP contribution >= 0.6 is 11.8 Å². The van der Waals surface area contributed by atoms with Gasteiger partial charge in [-0.1, -0.05) is 42.1 Å². The van der Waals surface area contributed by atoms with Crippen LogP contribution in [0.1, 0.15) is 24.4 Å². The molecule has 5 nitrogen and oxygen atoms in total. The Kier molecular flexibility index (Phi) is 5.30. The lowest BCUT2D eigenvalue weighted by molar-refractivity contribution is -0.147. The van der Waals surface area contributed by atoms with Crippen LogP contribution in [0.4, 0.5) is 13.2 Å². The fraction of sp³-hybridized carbons (Fsp3) is 0.357. The Labute approximate surface area is 135 Å². The molecule has 124 valence electrons. The molecular formula is C14H15F3N4OS. The van der Waals surface area contributed by atoms with Crippen molar-refractivity contribution >= 4 is 17.7 Å². The van der Waals surface area contributed by atoms with Crippen molar-refractivity contribution in [3.63, 3.8) is 0 Å². The number of nitrogens with zero attached hydrogens (tertiary/aromatic N) is 3. The number of carbonyl (C=O) groups is 1. The third-order valence-electron chi connectivity index (χ3n) is 3.10. The summed E-state index contributed by atoms with van der Waals surface area (Å²) in [5, 5.41) is 9.40. The number of hydrogen-bond donors (Lipinski definition) is 1. The van der Waals surface area contributed by atoms with Gasteiger partial charge in [0.2, 0.25) is 11.7 Å².